The number of carbonyl (C=O) groups is 1. The van der Waals surface area contributed by atoms with Crippen molar-refractivity contribution in [2.24, 2.45) is 0 Å². The lowest BCUT2D eigenvalue weighted by atomic mass is 10.1. The molecule has 0 aliphatic heterocycles. The molecule has 0 saturated heterocycles. The molecule has 3 rings (SSSR count). The van der Waals surface area contributed by atoms with E-state index in [-0.39, 0.29) is 18.0 Å². The maximum atomic E-state index is 12.2. The number of hydrogen-bond acceptors (Lipinski definition) is 6. The van der Waals surface area contributed by atoms with Gasteiger partial charge in [0.1, 0.15) is 30.4 Å². The number of nitrogens with one attached hydrogen (secondary N) is 1. The topological polar surface area (TPSA) is 91.7 Å². The normalized spacial score (nSPS) is 10.3. The second-order valence-corrected chi connectivity index (χ2v) is 6.29. The molecule has 2 aromatic carbocycles. The van der Waals surface area contributed by atoms with Crippen LogP contribution in [0.5, 0.6) is 17.2 Å². The van der Waals surface area contributed by atoms with Crippen LogP contribution in [0, 0.1) is 0 Å². The van der Waals surface area contributed by atoms with E-state index in [2.05, 4.69) is 10.4 Å². The maximum absolute atomic E-state index is 12.2. The van der Waals surface area contributed by atoms with Crippen molar-refractivity contribution in [3.63, 3.8) is 0 Å². The van der Waals surface area contributed by atoms with E-state index in [0.29, 0.717) is 30.3 Å². The van der Waals surface area contributed by atoms with Crippen molar-refractivity contribution in [2.75, 3.05) is 27.4 Å². The van der Waals surface area contributed by atoms with Crippen LogP contribution in [0.15, 0.2) is 65.5 Å². The van der Waals surface area contributed by atoms with Gasteiger partial charge >= 0.3 is 0 Å². The van der Waals surface area contributed by atoms with Crippen molar-refractivity contribution in [2.45, 2.75) is 6.54 Å². The van der Waals surface area contributed by atoms with Crippen LogP contribution in [0.25, 0.3) is 11.3 Å². The Labute approximate surface area is 174 Å². The van der Waals surface area contributed by atoms with Crippen LogP contribution in [0.2, 0.25) is 0 Å². The van der Waals surface area contributed by atoms with Crippen LogP contribution in [-0.4, -0.2) is 43.1 Å². The minimum atomic E-state index is -0.363. The third-order valence-corrected chi connectivity index (χ3v) is 4.30. The van der Waals surface area contributed by atoms with E-state index in [1.807, 2.05) is 24.3 Å². The quantitative estimate of drug-likeness (QED) is 0.545. The van der Waals surface area contributed by atoms with E-state index in [9.17, 15) is 9.59 Å². The first-order chi connectivity index (χ1) is 14.6. The van der Waals surface area contributed by atoms with Crippen molar-refractivity contribution >= 4 is 5.91 Å². The number of rotatable bonds is 9. The van der Waals surface area contributed by atoms with Crippen LogP contribution in [0.1, 0.15) is 0 Å². The highest BCUT2D eigenvalue weighted by molar-refractivity contribution is 5.75. The lowest BCUT2D eigenvalue weighted by Gasteiger charge is -2.11. The van der Waals surface area contributed by atoms with Crippen molar-refractivity contribution in [3.05, 3.63) is 71.0 Å². The molecule has 0 unspecified atom stereocenters. The van der Waals surface area contributed by atoms with E-state index in [1.165, 1.54) is 6.07 Å². The molecule has 8 heteroatoms. The Morgan fingerprint density at radius 3 is 2.43 bits per heavy atom. The lowest BCUT2D eigenvalue weighted by Crippen LogP contribution is -2.35. The van der Waals surface area contributed by atoms with Gasteiger partial charge < -0.3 is 19.5 Å². The molecule has 8 nitrogen and oxygen atoms in total. The van der Waals surface area contributed by atoms with Gasteiger partial charge in [-0.05, 0) is 42.5 Å². The Kier molecular flexibility index (Phi) is 7.05. The largest absolute Gasteiger partial charge is 0.497 e. The number of nitrogens with zero attached hydrogens (tertiary/aromatic N) is 2. The lowest BCUT2D eigenvalue weighted by molar-refractivity contribution is -0.122. The van der Waals surface area contributed by atoms with Gasteiger partial charge in [-0.2, -0.15) is 5.10 Å². The Bertz CT molecular complexity index is 1050. The number of amides is 1. The van der Waals surface area contributed by atoms with E-state index in [0.717, 1.165) is 16.0 Å². The zero-order chi connectivity index (χ0) is 21.3. The highest BCUT2D eigenvalue weighted by atomic mass is 16.5. The molecule has 1 amide bonds. The monoisotopic (exact) mass is 409 g/mol. The second kappa shape index (κ2) is 10.1. The summed E-state index contributed by atoms with van der Waals surface area (Å²) in [5, 5.41) is 7.02. The molecule has 0 spiro atoms. The van der Waals surface area contributed by atoms with Gasteiger partial charge in [0.15, 0.2) is 0 Å². The fraction of sp³-hybridized carbons (Fsp3) is 0.227. The molecule has 0 fully saturated rings. The molecule has 0 aliphatic carbocycles. The number of aromatic nitrogens is 2. The third-order valence-electron chi connectivity index (χ3n) is 4.30. The summed E-state index contributed by atoms with van der Waals surface area (Å²) in [6, 6.07) is 17.5. The number of hydrogen-bond donors (Lipinski definition) is 1. The fourth-order valence-corrected chi connectivity index (χ4v) is 2.79. The van der Waals surface area contributed by atoms with Gasteiger partial charge in [0.05, 0.1) is 26.5 Å². The number of ether oxygens (including phenoxy) is 3. The maximum Gasteiger partial charge on any atom is 0.267 e. The SMILES string of the molecule is COc1ccc(OCCNC(=O)Cn2nc(-c3ccccc3OC)ccc2=O)cc1. The Balaban J connectivity index is 1.56. The Morgan fingerprint density at radius 1 is 0.967 bits per heavy atom. The second-order valence-electron chi connectivity index (χ2n) is 6.29. The first kappa shape index (κ1) is 20.9. The smallest absolute Gasteiger partial charge is 0.267 e. The van der Waals surface area contributed by atoms with Gasteiger partial charge in [0.25, 0.3) is 5.56 Å². The van der Waals surface area contributed by atoms with Gasteiger partial charge in [-0.3, -0.25) is 9.59 Å². The molecule has 156 valence electrons. The molecular formula is C22H23N3O5. The fourth-order valence-electron chi connectivity index (χ4n) is 2.79. The number of benzene rings is 2. The average Bonchev–Trinajstić information content (AvgIpc) is 2.78. The first-order valence-corrected chi connectivity index (χ1v) is 9.36. The van der Waals surface area contributed by atoms with E-state index >= 15 is 0 Å². The number of methoxy groups -OCH3 is 2. The van der Waals surface area contributed by atoms with Crippen LogP contribution < -0.4 is 25.1 Å². The summed E-state index contributed by atoms with van der Waals surface area (Å²) < 4.78 is 17.1. The Morgan fingerprint density at radius 2 is 1.70 bits per heavy atom. The summed E-state index contributed by atoms with van der Waals surface area (Å²) >= 11 is 0. The van der Waals surface area contributed by atoms with Crippen molar-refractivity contribution < 1.29 is 19.0 Å². The Hall–Kier alpha value is -3.81. The van der Waals surface area contributed by atoms with Gasteiger partial charge in [-0.25, -0.2) is 4.68 Å². The molecule has 0 atom stereocenters. The van der Waals surface area contributed by atoms with Gasteiger partial charge in [0, 0.05) is 11.6 Å². The average molecular weight is 409 g/mol. The van der Waals surface area contributed by atoms with Gasteiger partial charge in [-0.1, -0.05) is 12.1 Å². The van der Waals surface area contributed by atoms with E-state index in [4.69, 9.17) is 14.2 Å². The molecule has 0 radical (unpaired) electrons. The molecular weight excluding hydrogens is 386 g/mol. The highest BCUT2D eigenvalue weighted by Gasteiger charge is 2.10. The van der Waals surface area contributed by atoms with Crippen LogP contribution in [0.4, 0.5) is 0 Å². The summed E-state index contributed by atoms with van der Waals surface area (Å²) in [5.74, 6) is 1.71. The standard InChI is InChI=1S/C22H23N3O5/c1-28-16-7-9-17(10-8-16)30-14-13-23-21(26)15-25-22(27)12-11-19(24-25)18-5-3-4-6-20(18)29-2/h3-12H,13-15H2,1-2H3,(H,23,26). The molecule has 1 aromatic heterocycles. The van der Waals surface area contributed by atoms with Crippen LogP contribution in [-0.2, 0) is 11.3 Å². The van der Waals surface area contributed by atoms with Crippen molar-refractivity contribution in [1.82, 2.24) is 15.1 Å². The van der Waals surface area contributed by atoms with Crippen molar-refractivity contribution in [1.29, 1.82) is 0 Å². The number of carbonyl (C=O) groups excluding carboxylic acids is 1. The zero-order valence-electron chi connectivity index (χ0n) is 16.8. The molecule has 0 bridgehead atoms. The predicted molar refractivity (Wildman–Crippen MR) is 112 cm³/mol. The van der Waals surface area contributed by atoms with Crippen molar-refractivity contribution in [3.8, 4) is 28.5 Å². The molecule has 1 heterocycles. The van der Waals surface area contributed by atoms with Crippen LogP contribution in [0.3, 0.4) is 0 Å². The molecule has 0 saturated carbocycles. The molecule has 0 aliphatic rings. The summed E-state index contributed by atoms with van der Waals surface area (Å²) in [5.41, 5.74) is 0.919. The number of para-hydroxylation sites is 1. The van der Waals surface area contributed by atoms with Crippen LogP contribution >= 0.6 is 0 Å². The third kappa shape index (κ3) is 5.38. The summed E-state index contributed by atoms with van der Waals surface area (Å²) in [4.78, 5) is 24.3. The van der Waals surface area contributed by atoms with E-state index < -0.39 is 0 Å². The van der Waals surface area contributed by atoms with Gasteiger partial charge in [0.2, 0.25) is 5.91 Å². The first-order valence-electron chi connectivity index (χ1n) is 9.36. The summed E-state index contributed by atoms with van der Waals surface area (Å²) in [7, 11) is 3.16. The summed E-state index contributed by atoms with van der Waals surface area (Å²) in [6.45, 7) is 0.401. The minimum Gasteiger partial charge on any atom is -0.497 e. The highest BCUT2D eigenvalue weighted by Crippen LogP contribution is 2.27. The summed E-state index contributed by atoms with van der Waals surface area (Å²) in [6.07, 6.45) is 0. The van der Waals surface area contributed by atoms with E-state index in [1.54, 1.807) is 44.6 Å². The molecule has 30 heavy (non-hydrogen) atoms. The molecule has 1 N–H and O–H groups in total. The zero-order valence-corrected chi connectivity index (χ0v) is 16.8. The predicted octanol–water partition coefficient (Wildman–Crippen LogP) is 2.12. The van der Waals surface area contributed by atoms with Gasteiger partial charge in [-0.15, -0.1) is 0 Å². The molecule has 3 aromatic rings. The minimum absolute atomic E-state index is 0.190.